The second kappa shape index (κ2) is 8.77. The maximum atomic E-state index is 11.8. The van der Waals surface area contributed by atoms with Crippen molar-refractivity contribution < 1.29 is 5.11 Å². The SMILES string of the molecule is NCc1cccnc1C1(O)CC2CCC(C1)N2C(c1ccccc1Cl)c1ccccc1Cl. The van der Waals surface area contributed by atoms with Gasteiger partial charge in [-0.25, -0.2) is 0 Å². The molecule has 2 bridgehead atoms. The van der Waals surface area contributed by atoms with Gasteiger partial charge in [0, 0.05) is 34.9 Å². The highest BCUT2D eigenvalue weighted by Crippen LogP contribution is 2.51. The Labute approximate surface area is 199 Å². The summed E-state index contributed by atoms with van der Waals surface area (Å²) in [5, 5.41) is 13.2. The number of rotatable bonds is 5. The van der Waals surface area contributed by atoms with Gasteiger partial charge < -0.3 is 10.8 Å². The van der Waals surface area contributed by atoms with E-state index in [1.54, 1.807) is 6.20 Å². The van der Waals surface area contributed by atoms with E-state index in [4.69, 9.17) is 28.9 Å². The van der Waals surface area contributed by atoms with E-state index in [9.17, 15) is 5.11 Å². The zero-order valence-electron chi connectivity index (χ0n) is 17.8. The number of nitrogens with zero attached hydrogens (tertiary/aromatic N) is 2. The van der Waals surface area contributed by atoms with E-state index < -0.39 is 5.60 Å². The third-order valence-corrected chi connectivity index (χ3v) is 7.76. The fraction of sp³-hybridized carbons (Fsp3) is 0.346. The molecule has 32 heavy (non-hydrogen) atoms. The lowest BCUT2D eigenvalue weighted by Gasteiger charge is -2.47. The van der Waals surface area contributed by atoms with Gasteiger partial charge in [0.2, 0.25) is 0 Å². The molecule has 2 aromatic carbocycles. The molecule has 2 unspecified atom stereocenters. The van der Waals surface area contributed by atoms with Crippen molar-refractivity contribution in [2.75, 3.05) is 0 Å². The minimum absolute atomic E-state index is 0.0721. The molecule has 3 N–H and O–H groups in total. The normalized spacial score (nSPS) is 25.4. The summed E-state index contributed by atoms with van der Waals surface area (Å²) in [6.45, 7) is 0.367. The molecule has 0 saturated carbocycles. The van der Waals surface area contributed by atoms with Gasteiger partial charge in [-0.2, -0.15) is 0 Å². The Morgan fingerprint density at radius 2 is 1.50 bits per heavy atom. The van der Waals surface area contributed by atoms with Gasteiger partial charge in [0.1, 0.15) is 5.60 Å². The second-order valence-electron chi connectivity index (χ2n) is 8.93. The molecule has 3 heterocycles. The van der Waals surface area contributed by atoms with Crippen LogP contribution in [0.3, 0.4) is 0 Å². The number of hydrogen-bond donors (Lipinski definition) is 2. The van der Waals surface area contributed by atoms with Crippen LogP contribution in [0.25, 0.3) is 0 Å². The summed E-state index contributed by atoms with van der Waals surface area (Å²) in [5.41, 5.74) is 8.72. The largest absolute Gasteiger partial charge is 0.383 e. The van der Waals surface area contributed by atoms with Gasteiger partial charge >= 0.3 is 0 Å². The van der Waals surface area contributed by atoms with Crippen LogP contribution in [-0.2, 0) is 12.1 Å². The van der Waals surface area contributed by atoms with Crippen LogP contribution in [0.2, 0.25) is 10.0 Å². The first-order valence-corrected chi connectivity index (χ1v) is 11.9. The number of piperidine rings is 1. The number of aliphatic hydroxyl groups is 1. The minimum Gasteiger partial charge on any atom is -0.383 e. The quantitative estimate of drug-likeness (QED) is 0.523. The fourth-order valence-electron chi connectivity index (χ4n) is 5.78. The van der Waals surface area contributed by atoms with Crippen molar-refractivity contribution in [3.8, 4) is 0 Å². The molecule has 3 aromatic rings. The molecule has 6 heteroatoms. The molecule has 0 aliphatic carbocycles. The van der Waals surface area contributed by atoms with E-state index in [-0.39, 0.29) is 18.1 Å². The van der Waals surface area contributed by atoms with E-state index in [1.807, 2.05) is 48.5 Å². The lowest BCUT2D eigenvalue weighted by atomic mass is 9.79. The molecule has 2 saturated heterocycles. The second-order valence-corrected chi connectivity index (χ2v) is 9.75. The lowest BCUT2D eigenvalue weighted by Crippen LogP contribution is -2.51. The van der Waals surface area contributed by atoms with Crippen LogP contribution in [0.15, 0.2) is 66.9 Å². The first-order valence-electron chi connectivity index (χ1n) is 11.1. The molecule has 2 atom stereocenters. The highest BCUT2D eigenvalue weighted by molar-refractivity contribution is 6.32. The Morgan fingerprint density at radius 1 is 0.938 bits per heavy atom. The zero-order valence-corrected chi connectivity index (χ0v) is 19.3. The Morgan fingerprint density at radius 3 is 2.03 bits per heavy atom. The van der Waals surface area contributed by atoms with Crippen molar-refractivity contribution in [2.45, 2.75) is 56.0 Å². The molecule has 0 radical (unpaired) electrons. The Bertz CT molecular complexity index is 1060. The van der Waals surface area contributed by atoms with Gasteiger partial charge in [-0.15, -0.1) is 0 Å². The first kappa shape index (κ1) is 21.9. The lowest BCUT2D eigenvalue weighted by molar-refractivity contribution is -0.0689. The Kier molecular flexibility index (Phi) is 5.99. The van der Waals surface area contributed by atoms with Crippen molar-refractivity contribution in [2.24, 2.45) is 5.73 Å². The van der Waals surface area contributed by atoms with Crippen LogP contribution in [0.5, 0.6) is 0 Å². The molecule has 0 amide bonds. The zero-order chi connectivity index (χ0) is 22.3. The van der Waals surface area contributed by atoms with Crippen molar-refractivity contribution in [3.05, 3.63) is 99.3 Å². The van der Waals surface area contributed by atoms with Crippen LogP contribution in [-0.4, -0.2) is 27.1 Å². The van der Waals surface area contributed by atoms with Crippen LogP contribution >= 0.6 is 23.2 Å². The monoisotopic (exact) mass is 467 g/mol. The molecular weight excluding hydrogens is 441 g/mol. The number of fused-ring (bicyclic) bond motifs is 2. The summed E-state index contributed by atoms with van der Waals surface area (Å²) in [6.07, 6.45) is 5.00. The van der Waals surface area contributed by atoms with Crippen LogP contribution < -0.4 is 5.73 Å². The number of pyridine rings is 1. The number of halogens is 2. The molecule has 166 valence electrons. The van der Waals surface area contributed by atoms with Gasteiger partial charge in [0.05, 0.1) is 11.7 Å². The number of benzene rings is 2. The van der Waals surface area contributed by atoms with Gasteiger partial charge in [-0.3, -0.25) is 9.88 Å². The summed E-state index contributed by atoms with van der Waals surface area (Å²) in [5.74, 6) is 0. The maximum absolute atomic E-state index is 11.8. The van der Waals surface area contributed by atoms with E-state index in [0.717, 1.165) is 45.3 Å². The molecule has 4 nitrogen and oxygen atoms in total. The molecule has 2 aliphatic rings. The minimum atomic E-state index is -0.982. The van der Waals surface area contributed by atoms with Crippen molar-refractivity contribution >= 4 is 23.2 Å². The van der Waals surface area contributed by atoms with Crippen molar-refractivity contribution in [1.82, 2.24) is 9.88 Å². The van der Waals surface area contributed by atoms with Crippen molar-refractivity contribution in [3.63, 3.8) is 0 Å². The third kappa shape index (κ3) is 3.74. The van der Waals surface area contributed by atoms with E-state index in [0.29, 0.717) is 19.4 Å². The Balaban J connectivity index is 1.57. The predicted molar refractivity (Wildman–Crippen MR) is 129 cm³/mol. The summed E-state index contributed by atoms with van der Waals surface area (Å²) in [6, 6.07) is 20.1. The van der Waals surface area contributed by atoms with E-state index in [2.05, 4.69) is 22.0 Å². The molecule has 5 rings (SSSR count). The fourth-order valence-corrected chi connectivity index (χ4v) is 6.26. The first-order chi connectivity index (χ1) is 15.5. The highest BCUT2D eigenvalue weighted by atomic mass is 35.5. The van der Waals surface area contributed by atoms with Gasteiger partial charge in [0.25, 0.3) is 0 Å². The molecular formula is C26H27Cl2N3O. The van der Waals surface area contributed by atoms with Gasteiger partial charge in [0.15, 0.2) is 0 Å². The highest BCUT2D eigenvalue weighted by Gasteiger charge is 2.52. The van der Waals surface area contributed by atoms with E-state index in [1.165, 1.54) is 0 Å². The smallest absolute Gasteiger partial charge is 0.110 e. The van der Waals surface area contributed by atoms with Crippen LogP contribution in [0, 0.1) is 0 Å². The summed E-state index contributed by atoms with van der Waals surface area (Å²) in [4.78, 5) is 7.10. The van der Waals surface area contributed by atoms with Gasteiger partial charge in [-0.05, 0) is 60.6 Å². The molecule has 0 spiro atoms. The molecule has 2 aliphatic heterocycles. The van der Waals surface area contributed by atoms with Gasteiger partial charge in [-0.1, -0.05) is 65.7 Å². The van der Waals surface area contributed by atoms with E-state index >= 15 is 0 Å². The summed E-state index contributed by atoms with van der Waals surface area (Å²) < 4.78 is 0. The number of nitrogens with two attached hydrogens (primary N) is 1. The molecule has 2 fully saturated rings. The number of aromatic nitrogens is 1. The summed E-state index contributed by atoms with van der Waals surface area (Å²) in [7, 11) is 0. The molecule has 1 aromatic heterocycles. The third-order valence-electron chi connectivity index (χ3n) is 7.07. The summed E-state index contributed by atoms with van der Waals surface area (Å²) >= 11 is 13.4. The Hall–Kier alpha value is -1.95. The van der Waals surface area contributed by atoms with Crippen molar-refractivity contribution in [1.29, 1.82) is 0 Å². The van der Waals surface area contributed by atoms with Crippen LogP contribution in [0.1, 0.15) is 54.1 Å². The average Bonchev–Trinajstić information content (AvgIpc) is 3.07. The maximum Gasteiger partial charge on any atom is 0.110 e. The van der Waals surface area contributed by atoms with Crippen LogP contribution in [0.4, 0.5) is 0 Å². The predicted octanol–water partition coefficient (Wildman–Crippen LogP) is 5.45. The standard InChI is InChI=1S/C26H27Cl2N3O/c27-22-9-3-1-7-20(22)24(21-8-2-4-10-23(21)28)31-18-11-12-19(31)15-26(32,14-18)25-17(16-29)6-5-13-30-25/h1-10,13,18-19,24,32H,11-12,14-16,29H2. The topological polar surface area (TPSA) is 62.4 Å². The average molecular weight is 468 g/mol. The number of hydrogen-bond acceptors (Lipinski definition) is 4.